The SMILES string of the molecule is CNC1CCN(c2ncc(OC(C)C3CCN(c4nc(C5(O)CCC5)no4)CC3)cn2)C1. The smallest absolute Gasteiger partial charge is 0.324 e. The maximum atomic E-state index is 10.4. The van der Waals surface area contributed by atoms with Crippen LogP contribution in [0.2, 0.25) is 0 Å². The summed E-state index contributed by atoms with van der Waals surface area (Å²) in [5.41, 5.74) is -0.885. The second-order valence-corrected chi connectivity index (χ2v) is 9.37. The van der Waals surface area contributed by atoms with E-state index in [-0.39, 0.29) is 6.10 Å². The first-order valence-corrected chi connectivity index (χ1v) is 11.8. The molecule has 0 amide bonds. The molecule has 32 heavy (non-hydrogen) atoms. The maximum absolute atomic E-state index is 10.4. The monoisotopic (exact) mass is 443 g/mol. The molecule has 2 saturated heterocycles. The molecule has 2 aromatic heterocycles. The molecule has 0 aromatic carbocycles. The fourth-order valence-corrected chi connectivity index (χ4v) is 4.85. The molecule has 4 heterocycles. The summed E-state index contributed by atoms with van der Waals surface area (Å²) in [4.78, 5) is 17.8. The Kier molecular flexibility index (Phi) is 5.90. The maximum Gasteiger partial charge on any atom is 0.324 e. The first-order valence-electron chi connectivity index (χ1n) is 11.8. The molecule has 2 atom stereocenters. The van der Waals surface area contributed by atoms with Crippen molar-refractivity contribution < 1.29 is 14.4 Å². The lowest BCUT2D eigenvalue weighted by molar-refractivity contribution is -0.0482. The van der Waals surface area contributed by atoms with Gasteiger partial charge in [-0.3, -0.25) is 0 Å². The molecule has 10 heteroatoms. The van der Waals surface area contributed by atoms with Crippen molar-refractivity contribution in [3.05, 3.63) is 18.2 Å². The second kappa shape index (κ2) is 8.82. The molecule has 174 valence electrons. The van der Waals surface area contributed by atoms with E-state index in [0.717, 1.165) is 57.8 Å². The van der Waals surface area contributed by atoms with E-state index in [1.807, 2.05) is 7.05 Å². The van der Waals surface area contributed by atoms with Gasteiger partial charge >= 0.3 is 6.01 Å². The number of ether oxygens (including phenoxy) is 1. The van der Waals surface area contributed by atoms with Gasteiger partial charge in [0, 0.05) is 32.2 Å². The number of rotatable bonds is 7. The molecule has 2 aromatic rings. The average molecular weight is 444 g/mol. The fraction of sp³-hybridized carbons (Fsp3) is 0.727. The molecule has 3 fully saturated rings. The van der Waals surface area contributed by atoms with Gasteiger partial charge in [0.2, 0.25) is 11.8 Å². The van der Waals surface area contributed by atoms with Gasteiger partial charge in [0.05, 0.1) is 18.5 Å². The number of nitrogens with zero attached hydrogens (tertiary/aromatic N) is 6. The molecule has 1 saturated carbocycles. The molecule has 5 rings (SSSR count). The van der Waals surface area contributed by atoms with E-state index < -0.39 is 5.60 Å². The summed E-state index contributed by atoms with van der Waals surface area (Å²) in [6.45, 7) is 5.68. The minimum absolute atomic E-state index is 0.0704. The zero-order chi connectivity index (χ0) is 22.1. The number of hydrogen-bond acceptors (Lipinski definition) is 10. The van der Waals surface area contributed by atoms with Crippen LogP contribution in [0.25, 0.3) is 0 Å². The quantitative estimate of drug-likeness (QED) is 0.656. The Morgan fingerprint density at radius 2 is 1.88 bits per heavy atom. The summed E-state index contributed by atoms with van der Waals surface area (Å²) >= 11 is 0. The molecule has 0 spiro atoms. The molecule has 0 bridgehead atoms. The minimum Gasteiger partial charge on any atom is -0.487 e. The Morgan fingerprint density at radius 1 is 1.16 bits per heavy atom. The molecular formula is C22H33N7O3. The van der Waals surface area contributed by atoms with Gasteiger partial charge in [-0.25, -0.2) is 9.97 Å². The summed E-state index contributed by atoms with van der Waals surface area (Å²) in [7, 11) is 2.00. The van der Waals surface area contributed by atoms with Crippen LogP contribution in [-0.2, 0) is 5.60 Å². The molecule has 2 unspecified atom stereocenters. The predicted molar refractivity (Wildman–Crippen MR) is 119 cm³/mol. The third-order valence-corrected chi connectivity index (χ3v) is 7.30. The lowest BCUT2D eigenvalue weighted by Crippen LogP contribution is -2.39. The number of piperidine rings is 1. The standard InChI is InChI=1S/C22H33N7O3/c1-15(31-18-12-24-20(25-13-18)29-11-6-17(14-29)23-2)16-4-9-28(10-5-16)21-26-19(27-32-21)22(30)7-3-8-22/h12-13,15-17,23,30H,3-11,14H2,1-2H3. The van der Waals surface area contributed by atoms with E-state index in [1.165, 1.54) is 0 Å². The van der Waals surface area contributed by atoms with Crippen molar-refractivity contribution in [1.82, 2.24) is 25.4 Å². The van der Waals surface area contributed by atoms with E-state index in [2.05, 4.69) is 42.1 Å². The van der Waals surface area contributed by atoms with Crippen molar-refractivity contribution in [2.75, 3.05) is 43.0 Å². The van der Waals surface area contributed by atoms with Gasteiger partial charge < -0.3 is 29.5 Å². The van der Waals surface area contributed by atoms with E-state index in [9.17, 15) is 5.11 Å². The Morgan fingerprint density at radius 3 is 2.50 bits per heavy atom. The van der Waals surface area contributed by atoms with Crippen LogP contribution in [0.1, 0.15) is 51.3 Å². The van der Waals surface area contributed by atoms with Crippen LogP contribution >= 0.6 is 0 Å². The van der Waals surface area contributed by atoms with E-state index in [4.69, 9.17) is 9.26 Å². The summed E-state index contributed by atoms with van der Waals surface area (Å²) in [6, 6.07) is 1.01. The van der Waals surface area contributed by atoms with Crippen LogP contribution in [-0.4, -0.2) is 70.6 Å². The largest absolute Gasteiger partial charge is 0.487 e. The van der Waals surface area contributed by atoms with Gasteiger partial charge in [-0.2, -0.15) is 4.98 Å². The number of anilines is 2. The first kappa shape index (κ1) is 21.4. The molecule has 3 aliphatic rings. The summed E-state index contributed by atoms with van der Waals surface area (Å²) in [5.74, 6) is 2.33. The number of aliphatic hydroxyl groups is 1. The molecule has 2 N–H and O–H groups in total. The second-order valence-electron chi connectivity index (χ2n) is 9.37. The van der Waals surface area contributed by atoms with Crippen LogP contribution in [0, 0.1) is 5.92 Å². The van der Waals surface area contributed by atoms with Crippen molar-refractivity contribution in [2.45, 2.75) is 63.2 Å². The molecule has 1 aliphatic carbocycles. The summed E-state index contributed by atoms with van der Waals surface area (Å²) in [5, 5.41) is 17.7. The van der Waals surface area contributed by atoms with Crippen LogP contribution in [0.5, 0.6) is 5.75 Å². The lowest BCUT2D eigenvalue weighted by Gasteiger charge is -2.34. The highest BCUT2D eigenvalue weighted by atomic mass is 16.5. The summed E-state index contributed by atoms with van der Waals surface area (Å²) < 4.78 is 11.6. The van der Waals surface area contributed by atoms with Crippen LogP contribution in [0.4, 0.5) is 12.0 Å². The highest BCUT2D eigenvalue weighted by molar-refractivity contribution is 5.33. The average Bonchev–Trinajstić information content (AvgIpc) is 3.48. The zero-order valence-corrected chi connectivity index (χ0v) is 18.9. The Bertz CT molecular complexity index is 893. The van der Waals surface area contributed by atoms with Crippen LogP contribution in [0.15, 0.2) is 16.9 Å². The molecule has 0 radical (unpaired) electrons. The van der Waals surface area contributed by atoms with E-state index >= 15 is 0 Å². The predicted octanol–water partition coefficient (Wildman–Crippen LogP) is 1.71. The van der Waals surface area contributed by atoms with Crippen molar-refractivity contribution in [3.63, 3.8) is 0 Å². The fourth-order valence-electron chi connectivity index (χ4n) is 4.85. The van der Waals surface area contributed by atoms with Gasteiger partial charge in [-0.1, -0.05) is 5.16 Å². The first-order chi connectivity index (χ1) is 15.5. The van der Waals surface area contributed by atoms with Gasteiger partial charge in [0.1, 0.15) is 5.60 Å². The van der Waals surface area contributed by atoms with Gasteiger partial charge in [0.25, 0.3) is 0 Å². The van der Waals surface area contributed by atoms with Crippen molar-refractivity contribution >= 4 is 12.0 Å². The topological polar surface area (TPSA) is 113 Å². The third-order valence-electron chi connectivity index (χ3n) is 7.30. The van der Waals surface area contributed by atoms with E-state index in [1.54, 1.807) is 12.4 Å². The molecular weight excluding hydrogens is 410 g/mol. The van der Waals surface area contributed by atoms with Crippen molar-refractivity contribution in [3.8, 4) is 5.75 Å². The molecule has 2 aliphatic heterocycles. The normalized spacial score (nSPS) is 24.4. The minimum atomic E-state index is -0.885. The lowest BCUT2D eigenvalue weighted by atomic mass is 9.80. The Balaban J connectivity index is 1.11. The van der Waals surface area contributed by atoms with Crippen molar-refractivity contribution in [2.24, 2.45) is 5.92 Å². The number of aromatic nitrogens is 4. The highest BCUT2D eigenvalue weighted by Crippen LogP contribution is 2.40. The Hall–Kier alpha value is -2.46. The summed E-state index contributed by atoms with van der Waals surface area (Å²) in [6.07, 6.45) is 9.12. The zero-order valence-electron chi connectivity index (χ0n) is 18.9. The van der Waals surface area contributed by atoms with Gasteiger partial charge in [-0.05, 0) is 58.4 Å². The van der Waals surface area contributed by atoms with Crippen molar-refractivity contribution in [1.29, 1.82) is 0 Å². The number of likely N-dealkylation sites (N-methyl/N-ethyl adjacent to an activating group) is 1. The third kappa shape index (κ3) is 4.25. The van der Waals surface area contributed by atoms with Gasteiger partial charge in [0.15, 0.2) is 5.75 Å². The van der Waals surface area contributed by atoms with Crippen LogP contribution < -0.4 is 19.9 Å². The van der Waals surface area contributed by atoms with E-state index in [0.29, 0.717) is 42.4 Å². The number of hydrogen-bond donors (Lipinski definition) is 2. The highest BCUT2D eigenvalue weighted by Gasteiger charge is 2.41. The molecule has 10 nitrogen and oxygen atoms in total. The van der Waals surface area contributed by atoms with Gasteiger partial charge in [-0.15, -0.1) is 0 Å². The number of nitrogens with one attached hydrogen (secondary N) is 1. The van der Waals surface area contributed by atoms with Crippen LogP contribution in [0.3, 0.4) is 0 Å². The Labute approximate surface area is 188 Å².